The molecule has 3 heterocycles. The van der Waals surface area contributed by atoms with E-state index in [4.69, 9.17) is 25.8 Å². The number of nitrogens with zero attached hydrogens (tertiary/aromatic N) is 4. The first kappa shape index (κ1) is 19.8. The molecule has 0 bridgehead atoms. The van der Waals surface area contributed by atoms with Crippen LogP contribution in [0.2, 0.25) is 5.15 Å². The third kappa shape index (κ3) is 4.08. The Morgan fingerprint density at radius 2 is 2.00 bits per heavy atom. The molecule has 1 N–H and O–H groups in total. The average Bonchev–Trinajstić information content (AvgIpc) is 3.33. The topological polar surface area (TPSA) is 100 Å². The molecule has 0 saturated carbocycles. The van der Waals surface area contributed by atoms with E-state index in [9.17, 15) is 18.0 Å². The van der Waals surface area contributed by atoms with Gasteiger partial charge in [0.1, 0.15) is 0 Å². The predicted molar refractivity (Wildman–Crippen MR) is 94.6 cm³/mol. The summed E-state index contributed by atoms with van der Waals surface area (Å²) in [5.74, 6) is 0.0333. The van der Waals surface area contributed by atoms with Gasteiger partial charge in [-0.05, 0) is 29.8 Å². The first-order valence-electron chi connectivity index (χ1n) is 8.30. The molecule has 0 aliphatic carbocycles. The number of halogens is 4. The van der Waals surface area contributed by atoms with Crippen molar-refractivity contribution in [2.24, 2.45) is 0 Å². The fraction of sp³-hybridized carbons (Fsp3) is 0.176. The quantitative estimate of drug-likeness (QED) is 0.662. The molecule has 4 rings (SSSR count). The Balaban J connectivity index is 1.49. The van der Waals surface area contributed by atoms with Crippen molar-refractivity contribution >= 4 is 17.7 Å². The lowest BCUT2D eigenvalue weighted by Crippen LogP contribution is -2.27. The summed E-state index contributed by atoms with van der Waals surface area (Å²) >= 11 is 5.60. The Bertz CT molecular complexity index is 1090. The molecule has 3 aromatic rings. The van der Waals surface area contributed by atoms with Crippen molar-refractivity contribution in [1.82, 2.24) is 25.3 Å². The van der Waals surface area contributed by atoms with Crippen LogP contribution in [0.3, 0.4) is 0 Å². The zero-order valence-electron chi connectivity index (χ0n) is 14.8. The van der Waals surface area contributed by atoms with Crippen molar-refractivity contribution in [2.75, 3.05) is 6.79 Å². The van der Waals surface area contributed by atoms with E-state index in [-0.39, 0.29) is 24.3 Å². The SMILES string of the molecule is O=C(NCc1ccc2c(c1)OCO2)Oc1cnn(-c2ccc(Cl)nn2)c1C(F)(F)F. The highest BCUT2D eigenvalue weighted by molar-refractivity contribution is 6.29. The molecule has 1 aliphatic rings. The van der Waals surface area contributed by atoms with Crippen molar-refractivity contribution in [3.8, 4) is 23.1 Å². The minimum atomic E-state index is -4.88. The number of nitrogens with one attached hydrogen (secondary N) is 1. The van der Waals surface area contributed by atoms with Gasteiger partial charge in [-0.2, -0.15) is 18.3 Å². The lowest BCUT2D eigenvalue weighted by atomic mass is 10.2. The molecule has 1 aromatic carbocycles. The number of amides is 1. The molecule has 2 aromatic heterocycles. The number of carbonyl (C=O) groups excluding carboxylic acids is 1. The number of aromatic nitrogens is 4. The van der Waals surface area contributed by atoms with Crippen LogP contribution in [-0.2, 0) is 12.7 Å². The smallest absolute Gasteiger partial charge is 0.437 e. The molecule has 156 valence electrons. The Hall–Kier alpha value is -3.54. The van der Waals surface area contributed by atoms with Gasteiger partial charge in [0.05, 0.1) is 6.20 Å². The van der Waals surface area contributed by atoms with Gasteiger partial charge in [-0.1, -0.05) is 17.7 Å². The molecule has 0 saturated heterocycles. The molecule has 1 aliphatic heterocycles. The van der Waals surface area contributed by atoms with Gasteiger partial charge in [0.15, 0.2) is 33.9 Å². The minimum absolute atomic E-state index is 0.00108. The van der Waals surface area contributed by atoms with E-state index in [1.807, 2.05) is 0 Å². The van der Waals surface area contributed by atoms with Crippen LogP contribution >= 0.6 is 11.6 Å². The zero-order chi connectivity index (χ0) is 21.3. The van der Waals surface area contributed by atoms with E-state index in [0.29, 0.717) is 21.7 Å². The Morgan fingerprint density at radius 1 is 1.20 bits per heavy atom. The molecule has 0 atom stereocenters. The van der Waals surface area contributed by atoms with Gasteiger partial charge >= 0.3 is 12.3 Å². The second-order valence-corrected chi connectivity index (χ2v) is 6.30. The summed E-state index contributed by atoms with van der Waals surface area (Å²) in [6.07, 6.45) is -5.22. The largest absolute Gasteiger partial charge is 0.454 e. The normalized spacial score (nSPS) is 12.7. The number of fused-ring (bicyclic) bond motifs is 1. The Morgan fingerprint density at radius 3 is 2.73 bits per heavy atom. The summed E-state index contributed by atoms with van der Waals surface area (Å²) in [6, 6.07) is 7.42. The highest BCUT2D eigenvalue weighted by atomic mass is 35.5. The second-order valence-electron chi connectivity index (χ2n) is 5.91. The van der Waals surface area contributed by atoms with Crippen LogP contribution in [0.25, 0.3) is 5.82 Å². The summed E-state index contributed by atoms with van der Waals surface area (Å²) < 4.78 is 56.4. The maximum atomic E-state index is 13.6. The van der Waals surface area contributed by atoms with Crippen molar-refractivity contribution in [1.29, 1.82) is 0 Å². The van der Waals surface area contributed by atoms with Gasteiger partial charge in [-0.15, -0.1) is 10.2 Å². The van der Waals surface area contributed by atoms with E-state index in [2.05, 4.69) is 20.6 Å². The van der Waals surface area contributed by atoms with Crippen LogP contribution in [-0.4, -0.2) is 32.9 Å². The van der Waals surface area contributed by atoms with Gasteiger partial charge in [0.25, 0.3) is 0 Å². The molecule has 0 unspecified atom stereocenters. The van der Waals surface area contributed by atoms with E-state index in [1.165, 1.54) is 12.1 Å². The van der Waals surface area contributed by atoms with Crippen LogP contribution in [0.4, 0.5) is 18.0 Å². The number of hydrogen-bond acceptors (Lipinski definition) is 7. The van der Waals surface area contributed by atoms with E-state index in [0.717, 1.165) is 6.20 Å². The van der Waals surface area contributed by atoms with Crippen LogP contribution in [0.15, 0.2) is 36.5 Å². The van der Waals surface area contributed by atoms with Crippen molar-refractivity contribution in [3.63, 3.8) is 0 Å². The number of benzene rings is 1. The van der Waals surface area contributed by atoms with E-state index >= 15 is 0 Å². The van der Waals surface area contributed by atoms with Gasteiger partial charge < -0.3 is 19.5 Å². The van der Waals surface area contributed by atoms with Crippen molar-refractivity contribution < 1.29 is 32.2 Å². The summed E-state index contributed by atoms with van der Waals surface area (Å²) in [6.45, 7) is 0.0874. The number of rotatable bonds is 4. The maximum absolute atomic E-state index is 13.6. The minimum Gasteiger partial charge on any atom is -0.454 e. The molecule has 9 nitrogen and oxygen atoms in total. The molecule has 13 heteroatoms. The summed E-state index contributed by atoms with van der Waals surface area (Å²) in [7, 11) is 0. The van der Waals surface area contributed by atoms with Crippen LogP contribution in [0.1, 0.15) is 11.3 Å². The lowest BCUT2D eigenvalue weighted by molar-refractivity contribution is -0.143. The lowest BCUT2D eigenvalue weighted by Gasteiger charge is -2.12. The third-order valence-electron chi connectivity index (χ3n) is 3.92. The standard InChI is InChI=1S/C17H11ClF3N5O4/c18-13-3-4-14(25-24-13)26-15(17(19,20)21)12(7-23-26)30-16(27)22-6-9-1-2-10-11(5-9)29-8-28-10/h1-5,7H,6,8H2,(H,22,27). The highest BCUT2D eigenvalue weighted by Crippen LogP contribution is 2.37. The van der Waals surface area contributed by atoms with E-state index in [1.54, 1.807) is 18.2 Å². The molecule has 30 heavy (non-hydrogen) atoms. The second kappa shape index (κ2) is 7.71. The van der Waals surface area contributed by atoms with Crippen LogP contribution < -0.4 is 19.5 Å². The first-order chi connectivity index (χ1) is 14.3. The predicted octanol–water partition coefficient (Wildman–Crippen LogP) is 3.35. The summed E-state index contributed by atoms with van der Waals surface area (Å²) in [5.41, 5.74) is -0.684. The fourth-order valence-corrected chi connectivity index (χ4v) is 2.73. The van der Waals surface area contributed by atoms with Gasteiger partial charge in [-0.25, -0.2) is 9.48 Å². The molecule has 1 amide bonds. The van der Waals surface area contributed by atoms with Gasteiger partial charge in [0, 0.05) is 6.54 Å². The van der Waals surface area contributed by atoms with Gasteiger partial charge in [-0.3, -0.25) is 0 Å². The molecule has 0 fully saturated rings. The zero-order valence-corrected chi connectivity index (χ0v) is 15.6. The summed E-state index contributed by atoms with van der Waals surface area (Å²) in [5, 5.41) is 13.0. The highest BCUT2D eigenvalue weighted by Gasteiger charge is 2.41. The Labute approximate surface area is 171 Å². The fourth-order valence-electron chi connectivity index (χ4n) is 2.62. The van der Waals surface area contributed by atoms with Crippen LogP contribution in [0, 0.1) is 0 Å². The number of carbonyl (C=O) groups is 1. The Kier molecular flexibility index (Phi) is 5.08. The number of hydrogen-bond donors (Lipinski definition) is 1. The van der Waals surface area contributed by atoms with Crippen LogP contribution in [0.5, 0.6) is 17.2 Å². The van der Waals surface area contributed by atoms with Gasteiger partial charge in [0.2, 0.25) is 6.79 Å². The third-order valence-corrected chi connectivity index (χ3v) is 4.12. The first-order valence-corrected chi connectivity index (χ1v) is 8.68. The molecular formula is C17H11ClF3N5O4. The van der Waals surface area contributed by atoms with E-state index < -0.39 is 23.7 Å². The summed E-state index contributed by atoms with van der Waals surface area (Å²) in [4.78, 5) is 12.1. The average molecular weight is 442 g/mol. The van der Waals surface area contributed by atoms with Crippen molar-refractivity contribution in [3.05, 3.63) is 52.9 Å². The molecule has 0 spiro atoms. The molecular weight excluding hydrogens is 431 g/mol. The molecule has 0 radical (unpaired) electrons. The maximum Gasteiger partial charge on any atom is 0.437 e. The number of ether oxygens (including phenoxy) is 3. The van der Waals surface area contributed by atoms with Crippen molar-refractivity contribution in [2.45, 2.75) is 12.7 Å². The number of alkyl halides is 3. The monoisotopic (exact) mass is 441 g/mol.